The maximum absolute atomic E-state index is 12.8. The molecule has 1 atom stereocenters. The Labute approximate surface area is 237 Å². The summed E-state index contributed by atoms with van der Waals surface area (Å²) in [7, 11) is 4.59. The molecule has 1 aliphatic heterocycles. The van der Waals surface area contributed by atoms with Crippen LogP contribution >= 0.6 is 11.3 Å². The van der Waals surface area contributed by atoms with Crippen LogP contribution in [0.15, 0.2) is 42.7 Å². The summed E-state index contributed by atoms with van der Waals surface area (Å²) >= 11 is 1.38. The van der Waals surface area contributed by atoms with Crippen LogP contribution in [0.25, 0.3) is 31.8 Å². The third-order valence-corrected chi connectivity index (χ3v) is 7.53. The Morgan fingerprint density at radius 1 is 1.07 bits per heavy atom. The number of amides is 1. The first kappa shape index (κ1) is 26.2. The van der Waals surface area contributed by atoms with Crippen molar-refractivity contribution in [2.75, 3.05) is 32.8 Å². The van der Waals surface area contributed by atoms with Crippen LogP contribution < -0.4 is 23.8 Å². The van der Waals surface area contributed by atoms with Crippen LogP contribution in [0.5, 0.6) is 23.3 Å². The van der Waals surface area contributed by atoms with E-state index in [-0.39, 0.29) is 6.61 Å². The number of pyridine rings is 1. The lowest BCUT2D eigenvalue weighted by atomic mass is 10.1. The molecule has 0 N–H and O–H groups in total. The molecule has 12 nitrogen and oxygen atoms in total. The number of methoxy groups -OCH3 is 2. The van der Waals surface area contributed by atoms with Gasteiger partial charge in [-0.25, -0.2) is 24.7 Å². The molecule has 0 aliphatic carbocycles. The molecule has 208 valence electrons. The summed E-state index contributed by atoms with van der Waals surface area (Å²) in [4.78, 5) is 43.7. The van der Waals surface area contributed by atoms with Gasteiger partial charge in [0.2, 0.25) is 11.8 Å². The lowest BCUT2D eigenvalue weighted by molar-refractivity contribution is -0.0718. The molecule has 3 aromatic heterocycles. The molecule has 1 amide bonds. The highest BCUT2D eigenvalue weighted by molar-refractivity contribution is 7.22. The van der Waals surface area contributed by atoms with Crippen molar-refractivity contribution in [3.8, 4) is 33.8 Å². The topological polar surface area (TPSA) is 135 Å². The second-order valence-corrected chi connectivity index (χ2v) is 10.0. The zero-order chi connectivity index (χ0) is 28.7. The van der Waals surface area contributed by atoms with E-state index >= 15 is 0 Å². The number of fused-ring (bicyclic) bond motifs is 4. The van der Waals surface area contributed by atoms with Gasteiger partial charge < -0.3 is 23.7 Å². The number of rotatable bonds is 6. The summed E-state index contributed by atoms with van der Waals surface area (Å²) in [5.74, 6) is 1.70. The molecule has 0 saturated carbocycles. The molecular formula is C28H23N5O7S. The molecule has 1 aliphatic rings. The van der Waals surface area contributed by atoms with Crippen molar-refractivity contribution in [2.24, 2.45) is 0 Å². The van der Waals surface area contributed by atoms with Gasteiger partial charge in [0, 0.05) is 24.2 Å². The number of thiazole rings is 1. The first-order valence-corrected chi connectivity index (χ1v) is 13.2. The van der Waals surface area contributed by atoms with Gasteiger partial charge in [0.05, 0.1) is 48.9 Å². The quantitative estimate of drug-likeness (QED) is 0.259. The first-order chi connectivity index (χ1) is 19.9. The predicted octanol–water partition coefficient (Wildman–Crippen LogP) is 4.81. The van der Waals surface area contributed by atoms with Crippen molar-refractivity contribution in [3.05, 3.63) is 53.9 Å². The Balaban J connectivity index is 1.29. The van der Waals surface area contributed by atoms with E-state index in [0.717, 1.165) is 22.1 Å². The minimum Gasteiger partial charge on any atom is -0.481 e. The Morgan fingerprint density at radius 3 is 2.63 bits per heavy atom. The van der Waals surface area contributed by atoms with Gasteiger partial charge in [-0.3, -0.25) is 9.69 Å². The monoisotopic (exact) mass is 573 g/mol. The van der Waals surface area contributed by atoms with Crippen LogP contribution in [0.2, 0.25) is 0 Å². The van der Waals surface area contributed by atoms with Gasteiger partial charge in [-0.1, -0.05) is 0 Å². The van der Waals surface area contributed by atoms with E-state index < -0.39 is 12.4 Å². The number of hydrogen-bond donors (Lipinski definition) is 0. The van der Waals surface area contributed by atoms with E-state index in [9.17, 15) is 9.59 Å². The van der Waals surface area contributed by atoms with Crippen LogP contribution in [0, 0.1) is 6.92 Å². The zero-order valence-corrected chi connectivity index (χ0v) is 23.2. The second-order valence-electron chi connectivity index (χ2n) is 9.04. The second kappa shape index (κ2) is 10.5. The van der Waals surface area contributed by atoms with Gasteiger partial charge in [0.15, 0.2) is 18.1 Å². The molecule has 6 rings (SSSR count). The Bertz CT molecular complexity index is 1810. The van der Waals surface area contributed by atoms with Gasteiger partial charge in [0.1, 0.15) is 16.0 Å². The molecule has 4 heterocycles. The molecule has 0 fully saturated rings. The van der Waals surface area contributed by atoms with Crippen molar-refractivity contribution in [1.29, 1.82) is 0 Å². The van der Waals surface area contributed by atoms with Crippen LogP contribution in [0.3, 0.4) is 0 Å². The van der Waals surface area contributed by atoms with E-state index in [1.54, 1.807) is 37.4 Å². The standard InChI is InChI=1S/C28H23N5O7S/c1-14-7-19-25(38-13-22(39-19)40-28(35)33(2)16-5-6-20(36-3)29-10-16)26-23(14)32-27(41-26)17-8-15(12-34)9-18-24(17)30-11-21(31-18)37-4/h5-12,22H,13H2,1-4H3. The molecule has 2 aromatic carbocycles. The summed E-state index contributed by atoms with van der Waals surface area (Å²) in [6, 6.07) is 8.52. The molecular weight excluding hydrogens is 550 g/mol. The number of aldehydes is 1. The van der Waals surface area contributed by atoms with E-state index in [1.807, 2.05) is 6.92 Å². The van der Waals surface area contributed by atoms with E-state index in [4.69, 9.17) is 28.7 Å². The fraction of sp³-hybridized carbons (Fsp3) is 0.214. The van der Waals surface area contributed by atoms with Crippen LogP contribution in [-0.2, 0) is 4.74 Å². The SMILES string of the molecule is COc1ccc(N(C)C(=O)OC2COc3c(cc(C)c4nc(-c5cc(C=O)cc6nc(OC)cnc56)sc34)O2)cn1. The van der Waals surface area contributed by atoms with Gasteiger partial charge in [-0.05, 0) is 36.8 Å². The average molecular weight is 574 g/mol. The number of carbonyl (C=O) groups is 2. The van der Waals surface area contributed by atoms with Gasteiger partial charge in [-0.2, -0.15) is 0 Å². The smallest absolute Gasteiger partial charge is 0.417 e. The maximum Gasteiger partial charge on any atom is 0.417 e. The third kappa shape index (κ3) is 4.80. The highest BCUT2D eigenvalue weighted by atomic mass is 32.1. The normalized spacial score (nSPS) is 14.1. The number of aryl methyl sites for hydroxylation is 1. The minimum atomic E-state index is -0.966. The van der Waals surface area contributed by atoms with Crippen LogP contribution in [0.1, 0.15) is 15.9 Å². The zero-order valence-electron chi connectivity index (χ0n) is 22.4. The summed E-state index contributed by atoms with van der Waals surface area (Å²) in [6.07, 6.45) is 2.18. The molecule has 13 heteroatoms. The Morgan fingerprint density at radius 2 is 1.90 bits per heavy atom. The Kier molecular flexibility index (Phi) is 6.71. The number of nitrogens with zero attached hydrogens (tertiary/aromatic N) is 5. The number of benzene rings is 2. The first-order valence-electron chi connectivity index (χ1n) is 12.4. The largest absolute Gasteiger partial charge is 0.481 e. The third-order valence-electron chi connectivity index (χ3n) is 6.45. The molecule has 5 aromatic rings. The highest BCUT2D eigenvalue weighted by Crippen LogP contribution is 2.46. The van der Waals surface area contributed by atoms with E-state index in [0.29, 0.717) is 56.1 Å². The summed E-state index contributed by atoms with van der Waals surface area (Å²) < 4.78 is 28.6. The summed E-state index contributed by atoms with van der Waals surface area (Å²) in [5, 5.41) is 0.636. The number of carbonyl (C=O) groups excluding carboxylic acids is 2. The maximum atomic E-state index is 12.8. The van der Waals surface area contributed by atoms with Gasteiger partial charge in [-0.15, -0.1) is 11.3 Å². The van der Waals surface area contributed by atoms with Crippen molar-refractivity contribution < 1.29 is 33.3 Å². The van der Waals surface area contributed by atoms with Crippen molar-refractivity contribution in [1.82, 2.24) is 19.9 Å². The molecule has 1 unspecified atom stereocenters. The van der Waals surface area contributed by atoms with E-state index in [2.05, 4.69) is 15.0 Å². The number of anilines is 1. The molecule has 0 spiro atoms. The predicted molar refractivity (Wildman–Crippen MR) is 150 cm³/mol. The number of hydrogen-bond acceptors (Lipinski definition) is 12. The highest BCUT2D eigenvalue weighted by Gasteiger charge is 2.30. The van der Waals surface area contributed by atoms with Gasteiger partial charge >= 0.3 is 6.09 Å². The fourth-order valence-corrected chi connectivity index (χ4v) is 5.51. The molecule has 0 bridgehead atoms. The fourth-order valence-electron chi connectivity index (χ4n) is 4.36. The molecule has 0 radical (unpaired) electrons. The Hall–Kier alpha value is -5.04. The number of ether oxygens (including phenoxy) is 5. The van der Waals surface area contributed by atoms with Gasteiger partial charge in [0.25, 0.3) is 6.29 Å². The summed E-state index contributed by atoms with van der Waals surface area (Å²) in [5.41, 5.74) is 4.28. The lowest BCUT2D eigenvalue weighted by Crippen LogP contribution is -2.38. The van der Waals surface area contributed by atoms with Crippen molar-refractivity contribution in [3.63, 3.8) is 0 Å². The molecule has 41 heavy (non-hydrogen) atoms. The van der Waals surface area contributed by atoms with E-state index in [1.165, 1.54) is 42.8 Å². The summed E-state index contributed by atoms with van der Waals surface area (Å²) in [6.45, 7) is 1.88. The van der Waals surface area contributed by atoms with Crippen molar-refractivity contribution >= 4 is 50.7 Å². The molecule has 0 saturated heterocycles. The number of aromatic nitrogens is 4. The average Bonchev–Trinajstić information content (AvgIpc) is 3.46. The lowest BCUT2D eigenvalue weighted by Gasteiger charge is -2.28. The minimum absolute atomic E-state index is 0.0202. The van der Waals surface area contributed by atoms with Crippen molar-refractivity contribution in [2.45, 2.75) is 13.2 Å². The van der Waals surface area contributed by atoms with Crippen LogP contribution in [0.4, 0.5) is 10.5 Å². The van der Waals surface area contributed by atoms with Crippen LogP contribution in [-0.4, -0.2) is 66.5 Å².